The first-order valence-corrected chi connectivity index (χ1v) is 13.0. The molecule has 0 radical (unpaired) electrons. The van der Waals surface area contributed by atoms with E-state index in [0.29, 0.717) is 12.0 Å². The van der Waals surface area contributed by atoms with Gasteiger partial charge in [-0.25, -0.2) is 4.79 Å². The number of rotatable bonds is 8. The van der Waals surface area contributed by atoms with Gasteiger partial charge in [-0.2, -0.15) is 0 Å². The van der Waals surface area contributed by atoms with E-state index in [-0.39, 0.29) is 17.9 Å². The van der Waals surface area contributed by atoms with E-state index in [4.69, 9.17) is 11.2 Å². The van der Waals surface area contributed by atoms with E-state index in [1.54, 1.807) is 20.8 Å². The molecule has 1 fully saturated rings. The zero-order chi connectivity index (χ0) is 27.0. The monoisotopic (exact) mass is 497 g/mol. The van der Waals surface area contributed by atoms with Gasteiger partial charge in [0, 0.05) is 12.1 Å². The lowest BCUT2D eigenvalue weighted by atomic mass is 9.93. The van der Waals surface area contributed by atoms with Gasteiger partial charge in [0.2, 0.25) is 5.91 Å². The zero-order valence-corrected chi connectivity index (χ0v) is 22.9. The Balaban J connectivity index is 2.43. The highest BCUT2D eigenvalue weighted by molar-refractivity contribution is 5.93. The molecule has 36 heavy (non-hydrogen) atoms. The third-order valence-corrected chi connectivity index (χ3v) is 6.25. The van der Waals surface area contributed by atoms with Crippen LogP contribution in [0.5, 0.6) is 0 Å². The fourth-order valence-corrected chi connectivity index (χ4v) is 4.63. The van der Waals surface area contributed by atoms with Gasteiger partial charge in [-0.05, 0) is 70.9 Å². The minimum Gasteiger partial charge on any atom is -0.444 e. The molecule has 2 unspecified atom stereocenters. The molecule has 1 aromatic rings. The van der Waals surface area contributed by atoms with Crippen molar-refractivity contribution in [2.45, 2.75) is 111 Å². The van der Waals surface area contributed by atoms with Crippen molar-refractivity contribution in [3.05, 3.63) is 34.9 Å². The van der Waals surface area contributed by atoms with E-state index < -0.39 is 29.7 Å². The third-order valence-electron chi connectivity index (χ3n) is 6.25. The molecule has 7 heteroatoms. The van der Waals surface area contributed by atoms with Gasteiger partial charge in [0.1, 0.15) is 17.7 Å². The zero-order valence-electron chi connectivity index (χ0n) is 22.9. The maximum absolute atomic E-state index is 13.8. The van der Waals surface area contributed by atoms with Crippen LogP contribution in [0.25, 0.3) is 0 Å². The molecule has 1 aliphatic carbocycles. The summed E-state index contributed by atoms with van der Waals surface area (Å²) in [6.45, 7) is 13.1. The second-order valence-electron chi connectivity index (χ2n) is 11.3. The van der Waals surface area contributed by atoms with Crippen molar-refractivity contribution in [1.29, 1.82) is 0 Å². The Morgan fingerprint density at radius 1 is 1.14 bits per heavy atom. The Morgan fingerprint density at radius 2 is 1.78 bits per heavy atom. The number of terminal acetylenes is 1. The van der Waals surface area contributed by atoms with E-state index in [1.165, 1.54) is 0 Å². The molecule has 0 heterocycles. The topological polar surface area (TPSA) is 87.7 Å². The lowest BCUT2D eigenvalue weighted by molar-refractivity contribution is -0.139. The van der Waals surface area contributed by atoms with Crippen molar-refractivity contribution in [2.75, 3.05) is 0 Å². The molecule has 1 aromatic carbocycles. The van der Waals surface area contributed by atoms with Crippen LogP contribution >= 0.6 is 0 Å². The van der Waals surface area contributed by atoms with E-state index in [9.17, 15) is 14.4 Å². The first-order chi connectivity index (χ1) is 16.8. The molecule has 0 saturated heterocycles. The molecular formula is C29H43N3O4. The van der Waals surface area contributed by atoms with E-state index in [1.807, 2.05) is 45.9 Å². The quantitative estimate of drug-likeness (QED) is 0.384. The third kappa shape index (κ3) is 8.58. The number of hydrogen-bond acceptors (Lipinski definition) is 4. The van der Waals surface area contributed by atoms with E-state index in [2.05, 4.69) is 16.7 Å². The van der Waals surface area contributed by atoms with Gasteiger partial charge in [-0.1, -0.05) is 63.3 Å². The Hall–Kier alpha value is -3.01. The lowest BCUT2D eigenvalue weighted by Crippen LogP contribution is -2.52. The summed E-state index contributed by atoms with van der Waals surface area (Å²) in [7, 11) is 0. The highest BCUT2D eigenvalue weighted by Crippen LogP contribution is 2.28. The fourth-order valence-electron chi connectivity index (χ4n) is 4.63. The SMILES string of the molecule is C#CN(C(=O)C(CC(C)C)NC(=O)OC(C)(C)C)C(C(=O)NC1CCCCC1)c1ccc(C)cc1C. The molecule has 1 aliphatic rings. The maximum Gasteiger partial charge on any atom is 0.408 e. The summed E-state index contributed by atoms with van der Waals surface area (Å²) in [4.78, 5) is 41.2. The van der Waals surface area contributed by atoms with Gasteiger partial charge in [0.05, 0.1) is 0 Å². The summed E-state index contributed by atoms with van der Waals surface area (Å²) in [5.74, 6) is -0.731. The second-order valence-corrected chi connectivity index (χ2v) is 11.3. The van der Waals surface area contributed by atoms with Crippen LogP contribution in [0.2, 0.25) is 0 Å². The first-order valence-electron chi connectivity index (χ1n) is 13.0. The van der Waals surface area contributed by atoms with Crippen LogP contribution in [0.15, 0.2) is 18.2 Å². The van der Waals surface area contributed by atoms with Gasteiger partial charge >= 0.3 is 6.09 Å². The molecule has 0 bridgehead atoms. The van der Waals surface area contributed by atoms with Crippen LogP contribution in [0.1, 0.15) is 95.9 Å². The molecule has 3 amide bonds. The minimum atomic E-state index is -1.01. The van der Waals surface area contributed by atoms with Crippen molar-refractivity contribution < 1.29 is 19.1 Å². The molecule has 7 nitrogen and oxygen atoms in total. The fraction of sp³-hybridized carbons (Fsp3) is 0.621. The Morgan fingerprint density at radius 3 is 2.31 bits per heavy atom. The molecule has 1 saturated carbocycles. The maximum atomic E-state index is 13.8. The van der Waals surface area contributed by atoms with Crippen LogP contribution in [0, 0.1) is 32.2 Å². The van der Waals surface area contributed by atoms with Crippen molar-refractivity contribution >= 4 is 17.9 Å². The highest BCUT2D eigenvalue weighted by atomic mass is 16.6. The van der Waals surface area contributed by atoms with Gasteiger partial charge in [0.15, 0.2) is 0 Å². The molecule has 198 valence electrons. The van der Waals surface area contributed by atoms with Gasteiger partial charge in [0.25, 0.3) is 5.91 Å². The van der Waals surface area contributed by atoms with E-state index >= 15 is 0 Å². The largest absolute Gasteiger partial charge is 0.444 e. The molecule has 0 spiro atoms. The van der Waals surface area contributed by atoms with Crippen molar-refractivity contribution in [1.82, 2.24) is 15.5 Å². The number of alkyl carbamates (subject to hydrolysis) is 1. The predicted octanol–water partition coefficient (Wildman–Crippen LogP) is 5.15. The number of aryl methyl sites for hydroxylation is 2. The average Bonchev–Trinajstić information content (AvgIpc) is 2.76. The number of nitrogens with zero attached hydrogens (tertiary/aromatic N) is 1. The van der Waals surface area contributed by atoms with Gasteiger partial charge < -0.3 is 15.4 Å². The van der Waals surface area contributed by atoms with Gasteiger partial charge in [-0.15, -0.1) is 0 Å². The second kappa shape index (κ2) is 12.8. The van der Waals surface area contributed by atoms with Crippen LogP contribution in [0.4, 0.5) is 4.79 Å². The summed E-state index contributed by atoms with van der Waals surface area (Å²) >= 11 is 0. The van der Waals surface area contributed by atoms with E-state index in [0.717, 1.165) is 48.1 Å². The predicted molar refractivity (Wildman–Crippen MR) is 142 cm³/mol. The first kappa shape index (κ1) is 29.2. The van der Waals surface area contributed by atoms with Gasteiger partial charge in [-0.3, -0.25) is 14.5 Å². The molecule has 2 rings (SSSR count). The van der Waals surface area contributed by atoms with Crippen LogP contribution in [-0.4, -0.2) is 40.5 Å². The number of carbonyl (C=O) groups is 3. The number of nitrogens with one attached hydrogen (secondary N) is 2. The number of carbonyl (C=O) groups excluding carboxylic acids is 3. The Kier molecular flexibility index (Phi) is 10.4. The van der Waals surface area contributed by atoms with Crippen molar-refractivity contribution in [2.24, 2.45) is 5.92 Å². The Bertz CT molecular complexity index is 968. The van der Waals surface area contributed by atoms with Crippen molar-refractivity contribution in [3.8, 4) is 12.5 Å². The summed E-state index contributed by atoms with van der Waals surface area (Å²) < 4.78 is 5.39. The molecule has 2 N–H and O–H groups in total. The number of amides is 3. The molecular weight excluding hydrogens is 454 g/mol. The summed E-state index contributed by atoms with van der Waals surface area (Å²) in [5, 5.41) is 5.83. The molecule has 2 atom stereocenters. The smallest absolute Gasteiger partial charge is 0.408 e. The molecule has 0 aliphatic heterocycles. The lowest BCUT2D eigenvalue weighted by Gasteiger charge is -2.33. The number of hydrogen-bond donors (Lipinski definition) is 2. The van der Waals surface area contributed by atoms with Crippen LogP contribution in [-0.2, 0) is 14.3 Å². The number of benzene rings is 1. The summed E-state index contributed by atoms with van der Waals surface area (Å²) in [6.07, 6.45) is 10.6. The molecule has 0 aromatic heterocycles. The van der Waals surface area contributed by atoms with Crippen LogP contribution < -0.4 is 10.6 Å². The number of ether oxygens (including phenoxy) is 1. The van der Waals surface area contributed by atoms with Crippen LogP contribution in [0.3, 0.4) is 0 Å². The standard InChI is InChI=1S/C29H43N3O4/c1-9-32(27(34)24(17-19(2)3)31-28(35)36-29(6,7)8)25(23-16-15-20(4)18-21(23)5)26(33)30-22-13-11-10-12-14-22/h1,15-16,18-19,22,24-25H,10-14,17H2,2-8H3,(H,30,33)(H,31,35). The summed E-state index contributed by atoms with van der Waals surface area (Å²) in [6, 6.07) is 6.31. The average molecular weight is 498 g/mol. The Labute approximate surface area is 216 Å². The highest BCUT2D eigenvalue weighted by Gasteiger charge is 2.37. The van der Waals surface area contributed by atoms with Crippen molar-refractivity contribution in [3.63, 3.8) is 0 Å². The minimum absolute atomic E-state index is 0.0561. The summed E-state index contributed by atoms with van der Waals surface area (Å²) in [5.41, 5.74) is 1.86. The normalized spacial score (nSPS) is 16.0.